The van der Waals surface area contributed by atoms with E-state index < -0.39 is 0 Å². The summed E-state index contributed by atoms with van der Waals surface area (Å²) in [4.78, 5) is 4.77. The summed E-state index contributed by atoms with van der Waals surface area (Å²) in [5, 5.41) is 6.62. The number of aliphatic imine (C=N–C) groups is 1. The van der Waals surface area contributed by atoms with Crippen LogP contribution in [-0.4, -0.2) is 52.5 Å². The normalized spacial score (nSPS) is 15.5. The summed E-state index contributed by atoms with van der Waals surface area (Å²) < 4.78 is 10.4. The van der Waals surface area contributed by atoms with Crippen molar-refractivity contribution in [2.45, 2.75) is 25.2 Å². The van der Waals surface area contributed by atoms with Gasteiger partial charge in [0, 0.05) is 25.6 Å². The van der Waals surface area contributed by atoms with Gasteiger partial charge in [-0.15, -0.1) is 24.0 Å². The van der Waals surface area contributed by atoms with Crippen LogP contribution in [0.25, 0.3) is 0 Å². The van der Waals surface area contributed by atoms with Crippen LogP contribution in [0.2, 0.25) is 0 Å². The second kappa shape index (κ2) is 11.7. The molecule has 1 aromatic rings. The van der Waals surface area contributed by atoms with Gasteiger partial charge in [-0.1, -0.05) is 30.3 Å². The molecule has 0 saturated heterocycles. The van der Waals surface area contributed by atoms with E-state index in [9.17, 15) is 0 Å². The van der Waals surface area contributed by atoms with Gasteiger partial charge in [-0.25, -0.2) is 0 Å². The maximum atomic E-state index is 5.46. The van der Waals surface area contributed by atoms with E-state index in [1.807, 2.05) is 0 Å². The van der Waals surface area contributed by atoms with Gasteiger partial charge in [-0.2, -0.15) is 0 Å². The summed E-state index contributed by atoms with van der Waals surface area (Å²) >= 11 is 0. The van der Waals surface area contributed by atoms with Crippen LogP contribution in [0.15, 0.2) is 35.3 Å². The van der Waals surface area contributed by atoms with Crippen LogP contribution in [0.4, 0.5) is 0 Å². The van der Waals surface area contributed by atoms with Gasteiger partial charge in [0.15, 0.2) is 5.96 Å². The maximum absolute atomic E-state index is 5.46. The molecule has 24 heavy (non-hydrogen) atoms. The first kappa shape index (κ1) is 21.2. The molecule has 2 rings (SSSR count). The molecule has 0 spiro atoms. The van der Waals surface area contributed by atoms with E-state index in [1.165, 1.54) is 18.4 Å². The molecular formula is C18H30IN3O2. The van der Waals surface area contributed by atoms with Crippen molar-refractivity contribution in [1.82, 2.24) is 10.6 Å². The molecule has 0 amide bonds. The standard InChI is InChI=1S/C18H29N3O2.HI/c1-3-19-17(20-11-12-23-14-13-22-2)21-15-18(9-10-18)16-7-5-4-6-8-16;/h4-8H,3,9-15H2,1-2H3,(H2,19,20,21);1H. The summed E-state index contributed by atoms with van der Waals surface area (Å²) in [7, 11) is 1.68. The molecule has 1 aliphatic carbocycles. The van der Waals surface area contributed by atoms with E-state index in [4.69, 9.17) is 14.5 Å². The predicted octanol–water partition coefficient (Wildman–Crippen LogP) is 2.55. The third-order valence-corrected chi connectivity index (χ3v) is 4.09. The van der Waals surface area contributed by atoms with E-state index in [-0.39, 0.29) is 29.4 Å². The van der Waals surface area contributed by atoms with Gasteiger partial charge in [-0.05, 0) is 25.3 Å². The fourth-order valence-corrected chi connectivity index (χ4v) is 2.54. The number of methoxy groups -OCH3 is 1. The molecule has 1 aromatic carbocycles. The minimum atomic E-state index is 0. The molecule has 0 radical (unpaired) electrons. The zero-order valence-corrected chi connectivity index (χ0v) is 17.0. The Hall–Kier alpha value is -0.860. The predicted molar refractivity (Wildman–Crippen MR) is 109 cm³/mol. The number of hydrogen-bond donors (Lipinski definition) is 2. The van der Waals surface area contributed by atoms with Gasteiger partial charge >= 0.3 is 0 Å². The smallest absolute Gasteiger partial charge is 0.191 e. The van der Waals surface area contributed by atoms with Gasteiger partial charge in [0.2, 0.25) is 0 Å². The Bertz CT molecular complexity index is 478. The second-order valence-corrected chi connectivity index (χ2v) is 5.87. The molecule has 1 aliphatic rings. The Morgan fingerprint density at radius 2 is 1.88 bits per heavy atom. The Morgan fingerprint density at radius 1 is 1.12 bits per heavy atom. The maximum Gasteiger partial charge on any atom is 0.191 e. The van der Waals surface area contributed by atoms with Crippen LogP contribution >= 0.6 is 24.0 Å². The summed E-state index contributed by atoms with van der Waals surface area (Å²) in [6.45, 7) is 6.42. The highest BCUT2D eigenvalue weighted by atomic mass is 127. The number of hydrogen-bond acceptors (Lipinski definition) is 3. The van der Waals surface area contributed by atoms with E-state index in [1.54, 1.807) is 7.11 Å². The quantitative estimate of drug-likeness (QED) is 0.251. The third kappa shape index (κ3) is 6.94. The first-order valence-electron chi connectivity index (χ1n) is 8.45. The number of halogens is 1. The number of benzene rings is 1. The highest BCUT2D eigenvalue weighted by Crippen LogP contribution is 2.48. The molecule has 0 aliphatic heterocycles. The van der Waals surface area contributed by atoms with Gasteiger partial charge in [0.05, 0.1) is 26.4 Å². The van der Waals surface area contributed by atoms with Gasteiger partial charge in [-0.3, -0.25) is 4.99 Å². The van der Waals surface area contributed by atoms with Crippen LogP contribution in [0.3, 0.4) is 0 Å². The molecule has 136 valence electrons. The van der Waals surface area contributed by atoms with Crippen LogP contribution in [0, 0.1) is 0 Å². The van der Waals surface area contributed by atoms with Crippen molar-refractivity contribution < 1.29 is 9.47 Å². The van der Waals surface area contributed by atoms with E-state index in [0.717, 1.165) is 25.6 Å². The topological polar surface area (TPSA) is 54.9 Å². The molecule has 0 atom stereocenters. The van der Waals surface area contributed by atoms with Gasteiger partial charge in [0.1, 0.15) is 0 Å². The molecule has 1 fully saturated rings. The lowest BCUT2D eigenvalue weighted by Gasteiger charge is -2.16. The van der Waals surface area contributed by atoms with Crippen molar-refractivity contribution in [2.75, 3.05) is 46.6 Å². The molecular weight excluding hydrogens is 417 g/mol. The Kier molecular flexibility index (Phi) is 10.3. The number of nitrogens with zero attached hydrogens (tertiary/aromatic N) is 1. The molecule has 5 nitrogen and oxygen atoms in total. The Morgan fingerprint density at radius 3 is 2.50 bits per heavy atom. The number of nitrogens with one attached hydrogen (secondary N) is 2. The first-order chi connectivity index (χ1) is 11.3. The van der Waals surface area contributed by atoms with Crippen LogP contribution in [-0.2, 0) is 14.9 Å². The monoisotopic (exact) mass is 447 g/mol. The fourth-order valence-electron chi connectivity index (χ4n) is 2.54. The zero-order valence-electron chi connectivity index (χ0n) is 14.7. The van der Waals surface area contributed by atoms with Crippen molar-refractivity contribution in [1.29, 1.82) is 0 Å². The molecule has 2 N–H and O–H groups in total. The number of rotatable bonds is 10. The van der Waals surface area contributed by atoms with E-state index in [2.05, 4.69) is 47.9 Å². The van der Waals surface area contributed by atoms with Crippen LogP contribution < -0.4 is 10.6 Å². The first-order valence-corrected chi connectivity index (χ1v) is 8.45. The second-order valence-electron chi connectivity index (χ2n) is 5.87. The highest BCUT2D eigenvalue weighted by molar-refractivity contribution is 14.0. The summed E-state index contributed by atoms with van der Waals surface area (Å²) in [5.41, 5.74) is 1.65. The van der Waals surface area contributed by atoms with Crippen LogP contribution in [0.5, 0.6) is 0 Å². The summed E-state index contributed by atoms with van der Waals surface area (Å²) in [5.74, 6) is 0.866. The van der Waals surface area contributed by atoms with Gasteiger partial charge < -0.3 is 20.1 Å². The average Bonchev–Trinajstić information content (AvgIpc) is 3.38. The van der Waals surface area contributed by atoms with Crippen molar-refractivity contribution in [3.63, 3.8) is 0 Å². The summed E-state index contributed by atoms with van der Waals surface area (Å²) in [6, 6.07) is 10.7. The van der Waals surface area contributed by atoms with E-state index >= 15 is 0 Å². The summed E-state index contributed by atoms with van der Waals surface area (Å²) in [6.07, 6.45) is 2.44. The van der Waals surface area contributed by atoms with Crippen LogP contribution in [0.1, 0.15) is 25.3 Å². The van der Waals surface area contributed by atoms with E-state index in [0.29, 0.717) is 19.8 Å². The molecule has 0 aromatic heterocycles. The molecule has 1 saturated carbocycles. The van der Waals surface area contributed by atoms with Crippen molar-refractivity contribution in [3.8, 4) is 0 Å². The third-order valence-electron chi connectivity index (χ3n) is 4.09. The SMILES string of the molecule is CCNC(=NCC1(c2ccccc2)CC1)NCCOCCOC.I. The Balaban J connectivity index is 0.00000288. The largest absolute Gasteiger partial charge is 0.382 e. The number of guanidine groups is 1. The lowest BCUT2D eigenvalue weighted by atomic mass is 9.96. The van der Waals surface area contributed by atoms with Crippen molar-refractivity contribution in [2.24, 2.45) is 4.99 Å². The molecule has 0 bridgehead atoms. The fraction of sp³-hybridized carbons (Fsp3) is 0.611. The average molecular weight is 447 g/mol. The highest BCUT2D eigenvalue weighted by Gasteiger charge is 2.43. The Labute approximate surface area is 162 Å². The minimum Gasteiger partial charge on any atom is -0.382 e. The minimum absolute atomic E-state index is 0. The lowest BCUT2D eigenvalue weighted by Crippen LogP contribution is -2.39. The number of ether oxygens (including phenoxy) is 2. The molecule has 0 heterocycles. The lowest BCUT2D eigenvalue weighted by molar-refractivity contribution is 0.0733. The molecule has 6 heteroatoms. The van der Waals surface area contributed by atoms with Crippen molar-refractivity contribution >= 4 is 29.9 Å². The van der Waals surface area contributed by atoms with Gasteiger partial charge in [0.25, 0.3) is 0 Å². The van der Waals surface area contributed by atoms with Crippen molar-refractivity contribution in [3.05, 3.63) is 35.9 Å². The zero-order chi connectivity index (χ0) is 16.4. The molecule has 0 unspecified atom stereocenters.